The molecule has 2 aromatic heterocycles. The van der Waals surface area contributed by atoms with E-state index in [0.29, 0.717) is 0 Å². The molecule has 0 aliphatic heterocycles. The molecule has 0 aromatic carbocycles. The van der Waals surface area contributed by atoms with E-state index < -0.39 is 0 Å². The molecule has 2 rings (SSSR count). The van der Waals surface area contributed by atoms with Crippen molar-refractivity contribution in [1.29, 1.82) is 0 Å². The molecule has 1 unspecified atom stereocenters. The van der Waals surface area contributed by atoms with Crippen LogP contribution in [-0.2, 0) is 6.54 Å². The summed E-state index contributed by atoms with van der Waals surface area (Å²) in [6, 6.07) is 4.33. The fourth-order valence-electron chi connectivity index (χ4n) is 1.64. The molecule has 0 saturated heterocycles. The highest BCUT2D eigenvalue weighted by Crippen LogP contribution is 2.13. The molecule has 0 bridgehead atoms. The molecule has 0 amide bonds. The van der Waals surface area contributed by atoms with Crippen molar-refractivity contribution in [2.24, 2.45) is 0 Å². The molecule has 2 aromatic rings. The van der Waals surface area contributed by atoms with Crippen LogP contribution >= 0.6 is 11.3 Å². The summed E-state index contributed by atoms with van der Waals surface area (Å²) in [5.74, 6) is 0.895. The van der Waals surface area contributed by atoms with E-state index in [9.17, 15) is 0 Å². The topological polar surface area (TPSA) is 55.6 Å². The van der Waals surface area contributed by atoms with E-state index in [0.717, 1.165) is 25.3 Å². The number of hydrogen-bond acceptors (Lipinski definition) is 5. The lowest BCUT2D eigenvalue weighted by atomic mass is 10.3. The molecule has 0 radical (unpaired) electrons. The predicted molar refractivity (Wildman–Crippen MR) is 67.9 cm³/mol. The Hall–Kier alpha value is -1.27. The molecule has 92 valence electrons. The zero-order chi connectivity index (χ0) is 12.1. The predicted octanol–water partition coefficient (Wildman–Crippen LogP) is 1.84. The molecule has 0 saturated carbocycles. The van der Waals surface area contributed by atoms with E-state index in [1.54, 1.807) is 11.3 Å². The van der Waals surface area contributed by atoms with Gasteiger partial charge in [-0.2, -0.15) is 0 Å². The average molecular weight is 251 g/mol. The maximum Gasteiger partial charge on any atom is 0.168 e. The van der Waals surface area contributed by atoms with Crippen molar-refractivity contribution in [3.05, 3.63) is 28.2 Å². The van der Waals surface area contributed by atoms with E-state index >= 15 is 0 Å². The number of thiophene rings is 1. The summed E-state index contributed by atoms with van der Waals surface area (Å²) in [6.45, 7) is 5.96. The van der Waals surface area contributed by atoms with Crippen LogP contribution in [0.4, 0.5) is 0 Å². The van der Waals surface area contributed by atoms with Crippen molar-refractivity contribution in [3.8, 4) is 0 Å². The summed E-state index contributed by atoms with van der Waals surface area (Å²) in [5.41, 5.74) is 0. The lowest BCUT2D eigenvalue weighted by Gasteiger charge is -2.12. The van der Waals surface area contributed by atoms with Gasteiger partial charge in [0, 0.05) is 4.88 Å². The molecule has 0 fully saturated rings. The van der Waals surface area contributed by atoms with Crippen LogP contribution < -0.4 is 5.32 Å². The molecule has 5 nitrogen and oxygen atoms in total. The average Bonchev–Trinajstić information content (AvgIpc) is 2.97. The molecule has 1 N–H and O–H groups in total. The Morgan fingerprint density at radius 3 is 3.12 bits per heavy atom. The SMILES string of the molecule is CCCNC(C)c1nnnn1Cc1cccs1. The molecule has 0 aliphatic carbocycles. The van der Waals surface area contributed by atoms with Crippen molar-refractivity contribution in [1.82, 2.24) is 25.5 Å². The Morgan fingerprint density at radius 2 is 2.41 bits per heavy atom. The minimum atomic E-state index is 0.185. The summed E-state index contributed by atoms with van der Waals surface area (Å²) >= 11 is 1.72. The molecule has 0 aliphatic rings. The van der Waals surface area contributed by atoms with Crippen LogP contribution in [0, 0.1) is 0 Å². The van der Waals surface area contributed by atoms with Crippen LogP contribution in [0.1, 0.15) is 37.0 Å². The van der Waals surface area contributed by atoms with Crippen LogP contribution in [0.5, 0.6) is 0 Å². The van der Waals surface area contributed by atoms with Crippen molar-refractivity contribution in [2.75, 3.05) is 6.54 Å². The summed E-state index contributed by atoms with van der Waals surface area (Å²) < 4.78 is 1.86. The van der Waals surface area contributed by atoms with Gasteiger partial charge in [0.05, 0.1) is 12.6 Å². The second-order valence-corrected chi connectivity index (χ2v) is 4.98. The first-order chi connectivity index (χ1) is 8.31. The summed E-state index contributed by atoms with van der Waals surface area (Å²) in [6.07, 6.45) is 1.11. The van der Waals surface area contributed by atoms with Crippen LogP contribution in [0.15, 0.2) is 17.5 Å². The lowest BCUT2D eigenvalue weighted by Crippen LogP contribution is -2.23. The van der Waals surface area contributed by atoms with Crippen LogP contribution in [0.3, 0.4) is 0 Å². The second-order valence-electron chi connectivity index (χ2n) is 3.95. The van der Waals surface area contributed by atoms with Gasteiger partial charge in [0.15, 0.2) is 5.82 Å². The summed E-state index contributed by atoms with van der Waals surface area (Å²) in [5, 5.41) is 17.4. The zero-order valence-corrected chi connectivity index (χ0v) is 10.9. The molecule has 1 atom stereocenters. The number of tetrazole rings is 1. The second kappa shape index (κ2) is 5.88. The van der Waals surface area contributed by atoms with Crippen molar-refractivity contribution < 1.29 is 0 Å². The first kappa shape index (κ1) is 12.2. The molecule has 6 heteroatoms. The normalized spacial score (nSPS) is 12.8. The smallest absolute Gasteiger partial charge is 0.168 e. The fourth-order valence-corrected chi connectivity index (χ4v) is 2.32. The van der Waals surface area contributed by atoms with Gasteiger partial charge in [-0.3, -0.25) is 0 Å². The zero-order valence-electron chi connectivity index (χ0n) is 10.1. The van der Waals surface area contributed by atoms with E-state index in [2.05, 4.69) is 46.1 Å². The number of nitrogens with zero attached hydrogens (tertiary/aromatic N) is 4. The third-order valence-electron chi connectivity index (χ3n) is 2.53. The Kier molecular flexibility index (Phi) is 4.22. The number of rotatable bonds is 6. The third kappa shape index (κ3) is 3.10. The molecule has 2 heterocycles. The van der Waals surface area contributed by atoms with Gasteiger partial charge in [-0.1, -0.05) is 13.0 Å². The minimum absolute atomic E-state index is 0.185. The Balaban J connectivity index is 2.06. The standard InChI is InChI=1S/C11H17N5S/c1-3-6-12-9(2)11-13-14-15-16(11)8-10-5-4-7-17-10/h4-5,7,9,12H,3,6,8H2,1-2H3. The maximum atomic E-state index is 4.09. The van der Waals surface area contributed by atoms with Crippen LogP contribution in [-0.4, -0.2) is 26.8 Å². The highest BCUT2D eigenvalue weighted by molar-refractivity contribution is 7.09. The van der Waals surface area contributed by atoms with Crippen molar-refractivity contribution in [2.45, 2.75) is 32.9 Å². The fraction of sp³-hybridized carbons (Fsp3) is 0.545. The van der Waals surface area contributed by atoms with Gasteiger partial charge in [0.25, 0.3) is 0 Å². The largest absolute Gasteiger partial charge is 0.307 e. The Bertz CT molecular complexity index is 436. The van der Waals surface area contributed by atoms with Crippen molar-refractivity contribution in [3.63, 3.8) is 0 Å². The summed E-state index contributed by atoms with van der Waals surface area (Å²) in [7, 11) is 0. The van der Waals surface area contributed by atoms with E-state index in [1.165, 1.54) is 4.88 Å². The molecular formula is C11H17N5S. The van der Waals surface area contributed by atoms with E-state index in [-0.39, 0.29) is 6.04 Å². The van der Waals surface area contributed by atoms with Gasteiger partial charge in [0.1, 0.15) is 0 Å². The highest BCUT2D eigenvalue weighted by atomic mass is 32.1. The molecule has 17 heavy (non-hydrogen) atoms. The first-order valence-corrected chi connectivity index (χ1v) is 6.71. The van der Waals surface area contributed by atoms with Gasteiger partial charge in [-0.25, -0.2) is 4.68 Å². The van der Waals surface area contributed by atoms with Crippen LogP contribution in [0.2, 0.25) is 0 Å². The number of aromatic nitrogens is 4. The molecule has 0 spiro atoms. The molecular weight excluding hydrogens is 234 g/mol. The third-order valence-corrected chi connectivity index (χ3v) is 3.39. The van der Waals surface area contributed by atoms with Gasteiger partial charge >= 0.3 is 0 Å². The number of nitrogens with one attached hydrogen (secondary N) is 1. The van der Waals surface area contributed by atoms with Gasteiger partial charge in [-0.05, 0) is 41.8 Å². The Morgan fingerprint density at radius 1 is 1.53 bits per heavy atom. The number of hydrogen-bond donors (Lipinski definition) is 1. The lowest BCUT2D eigenvalue weighted by molar-refractivity contribution is 0.505. The maximum absolute atomic E-state index is 4.09. The summed E-state index contributed by atoms with van der Waals surface area (Å²) in [4.78, 5) is 1.27. The van der Waals surface area contributed by atoms with E-state index in [4.69, 9.17) is 0 Å². The van der Waals surface area contributed by atoms with Crippen LogP contribution in [0.25, 0.3) is 0 Å². The van der Waals surface area contributed by atoms with Gasteiger partial charge < -0.3 is 5.32 Å². The minimum Gasteiger partial charge on any atom is -0.307 e. The monoisotopic (exact) mass is 251 g/mol. The van der Waals surface area contributed by atoms with Gasteiger partial charge in [0.2, 0.25) is 0 Å². The quantitative estimate of drug-likeness (QED) is 0.851. The van der Waals surface area contributed by atoms with Crippen molar-refractivity contribution >= 4 is 11.3 Å². The highest BCUT2D eigenvalue weighted by Gasteiger charge is 2.13. The van der Waals surface area contributed by atoms with Gasteiger partial charge in [-0.15, -0.1) is 16.4 Å². The van der Waals surface area contributed by atoms with E-state index in [1.807, 2.05) is 10.7 Å². The first-order valence-electron chi connectivity index (χ1n) is 5.83. The Labute approximate surface area is 105 Å².